The molecule has 0 aliphatic heterocycles. The highest BCUT2D eigenvalue weighted by Gasteiger charge is 2.19. The third kappa shape index (κ3) is 5.99. The molecule has 0 radical (unpaired) electrons. The van der Waals surface area contributed by atoms with Crippen LogP contribution in [0, 0.1) is 6.92 Å². The number of hydrogen-bond donors (Lipinski definition) is 2. The molecule has 1 amide bonds. The van der Waals surface area contributed by atoms with Crippen molar-refractivity contribution in [2.75, 3.05) is 5.32 Å². The van der Waals surface area contributed by atoms with Gasteiger partial charge in [0.15, 0.2) is 0 Å². The third-order valence-electron chi connectivity index (χ3n) is 4.37. The molecule has 0 spiro atoms. The van der Waals surface area contributed by atoms with Crippen molar-refractivity contribution in [1.29, 1.82) is 0 Å². The summed E-state index contributed by atoms with van der Waals surface area (Å²) in [7, 11) is -4.14. The molecule has 3 rings (SSSR count). The summed E-state index contributed by atoms with van der Waals surface area (Å²) in [5.74, 6) is -0.0189. The van der Waals surface area contributed by atoms with Crippen LogP contribution >= 0.6 is 39.1 Å². The molecular formula is C21H17BrCl2N2O4S. The predicted octanol–water partition coefficient (Wildman–Crippen LogP) is 5.69. The number of rotatable bonds is 6. The summed E-state index contributed by atoms with van der Waals surface area (Å²) in [6.45, 7) is 1.85. The Hall–Kier alpha value is -2.10. The fourth-order valence-electron chi connectivity index (χ4n) is 2.83. The van der Waals surface area contributed by atoms with E-state index in [1.165, 1.54) is 24.3 Å². The van der Waals surface area contributed by atoms with Crippen LogP contribution in [0.25, 0.3) is 0 Å². The number of nitrogens with two attached hydrogens (primary N) is 1. The number of benzene rings is 3. The Bertz CT molecular complexity index is 1270. The molecule has 0 unspecified atom stereocenters. The smallest absolute Gasteiger partial charge is 0.241 e. The zero-order chi connectivity index (χ0) is 22.8. The molecule has 0 aliphatic carbocycles. The van der Waals surface area contributed by atoms with Gasteiger partial charge in [-0.05, 0) is 66.6 Å². The first kappa shape index (κ1) is 23.6. The van der Waals surface area contributed by atoms with E-state index in [1.807, 2.05) is 6.92 Å². The van der Waals surface area contributed by atoms with Crippen LogP contribution in [0.2, 0.25) is 10.0 Å². The van der Waals surface area contributed by atoms with Gasteiger partial charge in [0.2, 0.25) is 15.9 Å². The van der Waals surface area contributed by atoms with Gasteiger partial charge in [0, 0.05) is 20.2 Å². The lowest BCUT2D eigenvalue weighted by atomic mass is 10.1. The lowest BCUT2D eigenvalue weighted by molar-refractivity contribution is -0.115. The molecule has 6 nitrogen and oxygen atoms in total. The zero-order valence-electron chi connectivity index (χ0n) is 16.2. The second kappa shape index (κ2) is 9.58. The van der Waals surface area contributed by atoms with Gasteiger partial charge in [-0.15, -0.1) is 0 Å². The maximum Gasteiger partial charge on any atom is 0.241 e. The normalized spacial score (nSPS) is 11.3. The summed E-state index contributed by atoms with van der Waals surface area (Å²) in [6.07, 6.45) is 0.00950. The van der Waals surface area contributed by atoms with E-state index in [9.17, 15) is 13.2 Å². The molecule has 3 aromatic carbocycles. The van der Waals surface area contributed by atoms with Crippen LogP contribution in [-0.2, 0) is 21.2 Å². The van der Waals surface area contributed by atoms with Crippen LogP contribution < -0.4 is 15.2 Å². The maximum atomic E-state index is 12.6. The van der Waals surface area contributed by atoms with E-state index in [2.05, 4.69) is 21.2 Å². The van der Waals surface area contributed by atoms with Gasteiger partial charge in [0.25, 0.3) is 0 Å². The Morgan fingerprint density at radius 3 is 2.55 bits per heavy atom. The average Bonchev–Trinajstić information content (AvgIpc) is 2.69. The first-order valence-electron chi connectivity index (χ1n) is 8.88. The zero-order valence-corrected chi connectivity index (χ0v) is 20.1. The first-order valence-corrected chi connectivity index (χ1v) is 12.0. The number of primary sulfonamides is 1. The summed E-state index contributed by atoms with van der Waals surface area (Å²) in [6, 6.07) is 14.1. The highest BCUT2D eigenvalue weighted by Crippen LogP contribution is 2.32. The molecule has 0 atom stereocenters. The van der Waals surface area contributed by atoms with Crippen molar-refractivity contribution in [3.8, 4) is 11.5 Å². The first-order chi connectivity index (χ1) is 14.5. The number of hydrogen-bond acceptors (Lipinski definition) is 4. The summed E-state index contributed by atoms with van der Waals surface area (Å²) < 4.78 is 30.7. The Morgan fingerprint density at radius 1 is 1.13 bits per heavy atom. The molecule has 0 heterocycles. The molecule has 3 N–H and O–H groups in total. The van der Waals surface area contributed by atoms with E-state index in [0.29, 0.717) is 21.4 Å². The van der Waals surface area contributed by atoms with Gasteiger partial charge >= 0.3 is 0 Å². The van der Waals surface area contributed by atoms with E-state index in [4.69, 9.17) is 33.1 Å². The lowest BCUT2D eigenvalue weighted by Crippen LogP contribution is -2.17. The number of halogens is 3. The maximum absolute atomic E-state index is 12.6. The second-order valence-corrected chi connectivity index (χ2v) is 9.85. The van der Waals surface area contributed by atoms with Crippen molar-refractivity contribution >= 4 is 60.7 Å². The van der Waals surface area contributed by atoms with E-state index in [1.54, 1.807) is 30.3 Å². The highest BCUT2D eigenvalue weighted by molar-refractivity contribution is 9.10. The highest BCUT2D eigenvalue weighted by atomic mass is 79.9. The number of nitrogens with one attached hydrogen (secondary N) is 1. The molecule has 0 aliphatic rings. The Morgan fingerprint density at radius 2 is 1.87 bits per heavy atom. The minimum Gasteiger partial charge on any atom is -0.456 e. The Labute approximate surface area is 198 Å². The number of sulfonamides is 1. The van der Waals surface area contributed by atoms with Gasteiger partial charge < -0.3 is 10.1 Å². The molecule has 0 bridgehead atoms. The van der Waals surface area contributed by atoms with Crippen LogP contribution in [0.1, 0.15) is 11.1 Å². The number of ether oxygens (including phenoxy) is 1. The van der Waals surface area contributed by atoms with Crippen molar-refractivity contribution in [2.24, 2.45) is 5.14 Å². The van der Waals surface area contributed by atoms with Crippen LogP contribution in [0.15, 0.2) is 64.0 Å². The fraction of sp³-hybridized carbons (Fsp3) is 0.0952. The molecule has 3 aromatic rings. The molecule has 0 saturated carbocycles. The largest absolute Gasteiger partial charge is 0.456 e. The summed E-state index contributed by atoms with van der Waals surface area (Å²) >= 11 is 15.6. The number of carbonyl (C=O) groups excluding carboxylic acids is 1. The molecule has 10 heteroatoms. The summed E-state index contributed by atoms with van der Waals surface area (Å²) in [5.41, 5.74) is 1.76. The standard InChI is InChI=1S/C21H17BrCl2N2O4S/c1-12-16(18(24)7-6-17(12)22)11-21(27)26-14-5-8-19(20(10-14)31(25,28)29)30-15-4-2-3-13(23)9-15/h2-10H,11H2,1H3,(H,26,27)(H2,25,28,29). The van der Waals surface area contributed by atoms with Gasteiger partial charge in [-0.1, -0.05) is 45.2 Å². The average molecular weight is 544 g/mol. The van der Waals surface area contributed by atoms with Gasteiger partial charge in [-0.25, -0.2) is 13.6 Å². The van der Waals surface area contributed by atoms with Crippen molar-refractivity contribution in [3.05, 3.63) is 80.2 Å². The van der Waals surface area contributed by atoms with Gasteiger partial charge in [-0.2, -0.15) is 0 Å². The number of amides is 1. The lowest BCUT2D eigenvalue weighted by Gasteiger charge is -2.14. The van der Waals surface area contributed by atoms with Crippen LogP contribution in [0.4, 0.5) is 5.69 Å². The minimum atomic E-state index is -4.14. The Kier molecular flexibility index (Phi) is 7.28. The molecule has 162 valence electrons. The van der Waals surface area contributed by atoms with Gasteiger partial charge in [0.1, 0.15) is 16.4 Å². The van der Waals surface area contributed by atoms with Crippen molar-refractivity contribution in [1.82, 2.24) is 0 Å². The van der Waals surface area contributed by atoms with Gasteiger partial charge in [0.05, 0.1) is 6.42 Å². The van der Waals surface area contributed by atoms with Crippen molar-refractivity contribution in [3.63, 3.8) is 0 Å². The minimum absolute atomic E-state index is 0.00800. The van der Waals surface area contributed by atoms with E-state index in [0.717, 1.165) is 10.0 Å². The monoisotopic (exact) mass is 542 g/mol. The summed E-state index contributed by atoms with van der Waals surface area (Å²) in [5, 5.41) is 8.91. The molecular weight excluding hydrogens is 527 g/mol. The molecule has 0 fully saturated rings. The van der Waals surface area contributed by atoms with E-state index >= 15 is 0 Å². The molecule has 0 aromatic heterocycles. The molecule has 0 saturated heterocycles. The SMILES string of the molecule is Cc1c(Br)ccc(Cl)c1CC(=O)Nc1ccc(Oc2cccc(Cl)c2)c(S(N)(=O)=O)c1. The predicted molar refractivity (Wildman–Crippen MR) is 126 cm³/mol. The van der Waals surface area contributed by atoms with E-state index in [-0.39, 0.29) is 28.7 Å². The third-order valence-corrected chi connectivity index (χ3v) is 6.75. The quantitative estimate of drug-likeness (QED) is 0.417. The van der Waals surface area contributed by atoms with Gasteiger partial charge in [-0.3, -0.25) is 4.79 Å². The fourth-order valence-corrected chi connectivity index (χ4v) is 4.33. The Balaban J connectivity index is 1.86. The van der Waals surface area contributed by atoms with Crippen LogP contribution in [-0.4, -0.2) is 14.3 Å². The summed E-state index contributed by atoms with van der Waals surface area (Å²) in [4.78, 5) is 12.3. The number of carbonyl (C=O) groups is 1. The molecule has 31 heavy (non-hydrogen) atoms. The van der Waals surface area contributed by atoms with Crippen molar-refractivity contribution < 1.29 is 17.9 Å². The van der Waals surface area contributed by atoms with Crippen molar-refractivity contribution in [2.45, 2.75) is 18.2 Å². The number of anilines is 1. The topological polar surface area (TPSA) is 98.5 Å². The van der Waals surface area contributed by atoms with Crippen LogP contribution in [0.3, 0.4) is 0 Å². The van der Waals surface area contributed by atoms with Crippen LogP contribution in [0.5, 0.6) is 11.5 Å². The van der Waals surface area contributed by atoms with E-state index < -0.39 is 10.0 Å². The second-order valence-electron chi connectivity index (χ2n) is 6.62.